The van der Waals surface area contributed by atoms with Crippen LogP contribution in [0.25, 0.3) is 11.0 Å². The molecule has 3 nitrogen and oxygen atoms in total. The van der Waals surface area contributed by atoms with Crippen molar-refractivity contribution in [2.24, 2.45) is 0 Å². The fraction of sp³-hybridized carbons (Fsp3) is 0.318. The van der Waals surface area contributed by atoms with E-state index in [1.165, 1.54) is 34.6 Å². The van der Waals surface area contributed by atoms with E-state index in [0.717, 1.165) is 22.2 Å². The fourth-order valence-corrected chi connectivity index (χ4v) is 6.17. The maximum absolute atomic E-state index is 12.6. The highest BCUT2D eigenvalue weighted by Crippen LogP contribution is 2.44. The number of hydrogen-bond acceptors (Lipinski definition) is 4. The summed E-state index contributed by atoms with van der Waals surface area (Å²) in [6.07, 6.45) is 3.29. The molecule has 1 aliphatic rings. The number of furan rings is 1. The molecule has 27 heavy (non-hydrogen) atoms. The second-order valence-corrected chi connectivity index (χ2v) is 9.70. The fourth-order valence-electron chi connectivity index (χ4n) is 3.29. The number of fused-ring (bicyclic) bond motifs is 1. The van der Waals surface area contributed by atoms with Crippen LogP contribution in [0.15, 0.2) is 47.1 Å². The van der Waals surface area contributed by atoms with Crippen molar-refractivity contribution in [3.05, 3.63) is 64.9 Å². The van der Waals surface area contributed by atoms with E-state index in [1.807, 2.05) is 41.7 Å². The molecule has 1 aromatic heterocycles. The molecule has 5 heteroatoms. The second-order valence-electron chi connectivity index (χ2n) is 6.97. The van der Waals surface area contributed by atoms with E-state index in [9.17, 15) is 4.79 Å². The summed E-state index contributed by atoms with van der Waals surface area (Å²) >= 11 is 3.98. The molecule has 2 aromatic carbocycles. The van der Waals surface area contributed by atoms with Gasteiger partial charge in [0.15, 0.2) is 0 Å². The lowest BCUT2D eigenvalue weighted by Crippen LogP contribution is -2.14. The number of benzene rings is 2. The van der Waals surface area contributed by atoms with Crippen LogP contribution in [-0.2, 0) is 11.2 Å². The average molecular weight is 398 g/mol. The Hall–Kier alpha value is -1.85. The predicted octanol–water partition coefficient (Wildman–Crippen LogP) is 6.10. The molecule has 0 unspecified atom stereocenters. The van der Waals surface area contributed by atoms with Crippen molar-refractivity contribution in [3.8, 4) is 0 Å². The Kier molecular flexibility index (Phi) is 5.50. The summed E-state index contributed by atoms with van der Waals surface area (Å²) in [4.78, 5) is 12.6. The Bertz CT molecular complexity index is 974. The van der Waals surface area contributed by atoms with Gasteiger partial charge in [-0.25, -0.2) is 0 Å². The van der Waals surface area contributed by atoms with Crippen LogP contribution < -0.4 is 5.32 Å². The lowest BCUT2D eigenvalue weighted by molar-refractivity contribution is -0.115. The zero-order valence-corrected chi connectivity index (χ0v) is 17.2. The molecule has 0 bridgehead atoms. The van der Waals surface area contributed by atoms with Crippen LogP contribution in [0, 0.1) is 13.8 Å². The molecule has 0 saturated carbocycles. The summed E-state index contributed by atoms with van der Waals surface area (Å²) in [7, 11) is 0. The Balaban J connectivity index is 1.47. The largest absolute Gasteiger partial charge is 0.464 e. The van der Waals surface area contributed by atoms with Crippen LogP contribution in [0.5, 0.6) is 0 Å². The number of rotatable bonds is 4. The van der Waals surface area contributed by atoms with Crippen LogP contribution in [0.3, 0.4) is 0 Å². The van der Waals surface area contributed by atoms with Gasteiger partial charge in [-0.05, 0) is 72.7 Å². The van der Waals surface area contributed by atoms with E-state index in [-0.39, 0.29) is 5.91 Å². The zero-order valence-electron chi connectivity index (χ0n) is 15.6. The highest BCUT2D eigenvalue weighted by molar-refractivity contribution is 8.16. The van der Waals surface area contributed by atoms with Crippen molar-refractivity contribution in [3.63, 3.8) is 0 Å². The highest BCUT2D eigenvalue weighted by Gasteiger charge is 2.17. The van der Waals surface area contributed by atoms with Crippen molar-refractivity contribution >= 4 is 46.1 Å². The third kappa shape index (κ3) is 4.19. The van der Waals surface area contributed by atoms with Gasteiger partial charge in [-0.1, -0.05) is 12.1 Å². The van der Waals surface area contributed by atoms with E-state index < -0.39 is 0 Å². The molecule has 4 rings (SSSR count). The molecule has 140 valence electrons. The summed E-state index contributed by atoms with van der Waals surface area (Å²) in [6.45, 7) is 4.15. The molecule has 1 saturated heterocycles. The zero-order chi connectivity index (χ0) is 18.8. The number of aryl methyl sites for hydroxylation is 2. The molecule has 0 atom stereocenters. The maximum atomic E-state index is 12.6. The van der Waals surface area contributed by atoms with Gasteiger partial charge in [0.1, 0.15) is 5.58 Å². The number of carbonyl (C=O) groups excluding carboxylic acids is 1. The van der Waals surface area contributed by atoms with Crippen LogP contribution >= 0.6 is 23.5 Å². The van der Waals surface area contributed by atoms with Gasteiger partial charge in [-0.15, -0.1) is 23.5 Å². The number of thioether (sulfide) groups is 2. The quantitative estimate of drug-likeness (QED) is 0.578. The van der Waals surface area contributed by atoms with Crippen LogP contribution in [0.4, 0.5) is 5.69 Å². The van der Waals surface area contributed by atoms with Gasteiger partial charge in [0, 0.05) is 16.6 Å². The molecule has 2 heterocycles. The molecular formula is C22H23NO2S2. The third-order valence-corrected chi connectivity index (χ3v) is 7.91. The van der Waals surface area contributed by atoms with Gasteiger partial charge >= 0.3 is 0 Å². The minimum absolute atomic E-state index is 0.0166. The predicted molar refractivity (Wildman–Crippen MR) is 117 cm³/mol. The summed E-state index contributed by atoms with van der Waals surface area (Å²) in [6, 6.07) is 12.4. The molecule has 1 N–H and O–H groups in total. The summed E-state index contributed by atoms with van der Waals surface area (Å²) in [5.41, 5.74) is 6.32. The molecule has 0 aliphatic carbocycles. The van der Waals surface area contributed by atoms with Crippen molar-refractivity contribution in [2.45, 2.75) is 31.3 Å². The van der Waals surface area contributed by atoms with Gasteiger partial charge in [0.25, 0.3) is 0 Å². The summed E-state index contributed by atoms with van der Waals surface area (Å²) < 4.78 is 6.12. The molecule has 0 radical (unpaired) electrons. The Labute approximate surface area is 168 Å². The van der Waals surface area contributed by atoms with Crippen LogP contribution in [-0.4, -0.2) is 17.4 Å². The first kappa shape index (κ1) is 18.5. The summed E-state index contributed by atoms with van der Waals surface area (Å²) in [5, 5.41) is 4.08. The van der Waals surface area contributed by atoms with Crippen molar-refractivity contribution < 1.29 is 9.21 Å². The second kappa shape index (κ2) is 8.03. The lowest BCUT2D eigenvalue weighted by atomic mass is 10.0. The van der Waals surface area contributed by atoms with E-state index in [1.54, 1.807) is 6.26 Å². The van der Waals surface area contributed by atoms with Crippen molar-refractivity contribution in [2.75, 3.05) is 16.8 Å². The van der Waals surface area contributed by atoms with Gasteiger partial charge in [0.05, 0.1) is 17.3 Å². The minimum atomic E-state index is -0.0166. The first-order valence-electron chi connectivity index (χ1n) is 9.20. The molecule has 1 fully saturated rings. The smallest absolute Gasteiger partial charge is 0.228 e. The third-order valence-electron chi connectivity index (χ3n) is 4.89. The monoisotopic (exact) mass is 397 g/mol. The molecule has 0 spiro atoms. The first-order chi connectivity index (χ1) is 13.1. The van der Waals surface area contributed by atoms with Gasteiger partial charge in [0.2, 0.25) is 5.91 Å². The van der Waals surface area contributed by atoms with Gasteiger partial charge in [-0.3, -0.25) is 4.79 Å². The van der Waals surface area contributed by atoms with Gasteiger partial charge in [-0.2, -0.15) is 0 Å². The Morgan fingerprint density at radius 3 is 2.74 bits per heavy atom. The average Bonchev–Trinajstić information content (AvgIpc) is 3.04. The van der Waals surface area contributed by atoms with E-state index >= 15 is 0 Å². The Morgan fingerprint density at radius 2 is 1.93 bits per heavy atom. The minimum Gasteiger partial charge on any atom is -0.464 e. The van der Waals surface area contributed by atoms with Crippen molar-refractivity contribution in [1.29, 1.82) is 0 Å². The number of hydrogen-bond donors (Lipinski definition) is 1. The summed E-state index contributed by atoms with van der Waals surface area (Å²) in [5.74, 6) is 2.40. The lowest BCUT2D eigenvalue weighted by Gasteiger charge is -2.21. The molecular weight excluding hydrogens is 374 g/mol. The van der Waals surface area contributed by atoms with Gasteiger partial charge < -0.3 is 9.73 Å². The standard InChI is InChI=1S/C22H23NO2S2/c1-14-9-19-17(13-25-20(19)10-15(14)2)12-21(24)23-18-6-3-5-16(11-18)22-26-7-4-8-27-22/h3,5-6,9-11,13,22H,4,7-8,12H2,1-2H3,(H,23,24). The maximum Gasteiger partial charge on any atom is 0.228 e. The van der Waals surface area contributed by atoms with Crippen molar-refractivity contribution in [1.82, 2.24) is 0 Å². The van der Waals surface area contributed by atoms with E-state index in [4.69, 9.17) is 4.42 Å². The normalized spacial score (nSPS) is 15.2. The topological polar surface area (TPSA) is 42.2 Å². The van der Waals surface area contributed by atoms with Crippen LogP contribution in [0.1, 0.15) is 33.3 Å². The number of nitrogens with one attached hydrogen (secondary N) is 1. The highest BCUT2D eigenvalue weighted by atomic mass is 32.2. The number of amides is 1. The number of carbonyl (C=O) groups is 1. The van der Waals surface area contributed by atoms with E-state index in [2.05, 4.69) is 37.4 Å². The molecule has 3 aromatic rings. The molecule has 1 amide bonds. The molecule has 1 aliphatic heterocycles. The Morgan fingerprint density at radius 1 is 1.15 bits per heavy atom. The first-order valence-corrected chi connectivity index (χ1v) is 11.3. The van der Waals surface area contributed by atoms with Crippen LogP contribution in [0.2, 0.25) is 0 Å². The number of anilines is 1. The SMILES string of the molecule is Cc1cc2occ(CC(=O)Nc3cccc(C4SCCCS4)c3)c2cc1C. The van der Waals surface area contributed by atoms with E-state index in [0.29, 0.717) is 11.0 Å².